The Hall–Kier alpha value is -3.43. The molecule has 4 rings (SSSR count). The second-order valence-electron chi connectivity index (χ2n) is 8.14. The van der Waals surface area contributed by atoms with Crippen molar-refractivity contribution >= 4 is 15.9 Å². The number of carbonyl (C=O) groups excluding carboxylic acids is 1. The number of hydrogen-bond donors (Lipinski definition) is 0. The van der Waals surface area contributed by atoms with E-state index < -0.39 is 15.8 Å². The molecule has 0 aromatic heterocycles. The summed E-state index contributed by atoms with van der Waals surface area (Å²) in [7, 11) is -2.25. The fourth-order valence-corrected chi connectivity index (χ4v) is 5.40. The second-order valence-corrected chi connectivity index (χ2v) is 10.1. The molecule has 3 aromatic rings. The van der Waals surface area contributed by atoms with Crippen LogP contribution in [0, 0.1) is 5.82 Å². The van der Waals surface area contributed by atoms with Crippen molar-refractivity contribution in [3.63, 3.8) is 0 Å². The molecule has 1 aliphatic heterocycles. The fraction of sp³-hybridized carbons (Fsp3) is 0.269. The van der Waals surface area contributed by atoms with E-state index in [1.165, 1.54) is 23.5 Å². The van der Waals surface area contributed by atoms with Gasteiger partial charge in [-0.3, -0.25) is 4.79 Å². The summed E-state index contributed by atoms with van der Waals surface area (Å²) >= 11 is 0. The summed E-state index contributed by atoms with van der Waals surface area (Å²) in [4.78, 5) is 14.9. The van der Waals surface area contributed by atoms with Crippen LogP contribution in [0.3, 0.4) is 0 Å². The molecule has 1 fully saturated rings. The van der Waals surface area contributed by atoms with Crippen LogP contribution in [-0.2, 0) is 16.6 Å². The molecule has 0 unspecified atom stereocenters. The number of sulfonamides is 1. The molecule has 35 heavy (non-hydrogen) atoms. The van der Waals surface area contributed by atoms with E-state index in [0.717, 1.165) is 17.7 Å². The monoisotopic (exact) mass is 498 g/mol. The Balaban J connectivity index is 1.43. The van der Waals surface area contributed by atoms with Crippen LogP contribution in [0.4, 0.5) is 4.39 Å². The van der Waals surface area contributed by atoms with Crippen molar-refractivity contribution in [2.24, 2.45) is 0 Å². The summed E-state index contributed by atoms with van der Waals surface area (Å²) in [6.45, 7) is 1.46. The lowest BCUT2D eigenvalue weighted by Crippen LogP contribution is -2.37. The van der Waals surface area contributed by atoms with Crippen LogP contribution in [-0.4, -0.2) is 56.8 Å². The van der Waals surface area contributed by atoms with Gasteiger partial charge in [0.15, 0.2) is 11.5 Å². The minimum absolute atomic E-state index is 0.0366. The number of hydrogen-bond acceptors (Lipinski definition) is 5. The van der Waals surface area contributed by atoms with Crippen LogP contribution in [0.5, 0.6) is 11.5 Å². The molecule has 3 aromatic carbocycles. The topological polar surface area (TPSA) is 76.2 Å². The average Bonchev–Trinajstić information content (AvgIpc) is 3.15. The highest BCUT2D eigenvalue weighted by Crippen LogP contribution is 2.29. The van der Waals surface area contributed by atoms with E-state index in [-0.39, 0.29) is 30.4 Å². The fourth-order valence-electron chi connectivity index (χ4n) is 3.93. The van der Waals surface area contributed by atoms with Crippen molar-refractivity contribution < 1.29 is 27.1 Å². The number of benzene rings is 3. The maximum Gasteiger partial charge on any atom is 0.254 e. The summed E-state index contributed by atoms with van der Waals surface area (Å²) in [5, 5.41) is 0. The van der Waals surface area contributed by atoms with Gasteiger partial charge in [-0.15, -0.1) is 0 Å². The van der Waals surface area contributed by atoms with Crippen LogP contribution in [0.25, 0.3) is 0 Å². The van der Waals surface area contributed by atoms with Crippen molar-refractivity contribution in [1.82, 2.24) is 9.21 Å². The highest BCUT2D eigenvalue weighted by Gasteiger charge is 2.29. The predicted molar refractivity (Wildman–Crippen MR) is 129 cm³/mol. The molecule has 1 saturated heterocycles. The molecule has 184 valence electrons. The molecule has 9 heteroatoms. The highest BCUT2D eigenvalue weighted by molar-refractivity contribution is 7.89. The zero-order valence-electron chi connectivity index (χ0n) is 19.4. The maximum atomic E-state index is 13.2. The molecule has 0 N–H and O–H groups in total. The molecule has 1 heterocycles. The molecule has 0 radical (unpaired) electrons. The van der Waals surface area contributed by atoms with Gasteiger partial charge < -0.3 is 14.4 Å². The summed E-state index contributed by atoms with van der Waals surface area (Å²) in [5.41, 5.74) is 1.45. The van der Waals surface area contributed by atoms with Gasteiger partial charge in [-0.25, -0.2) is 12.8 Å². The zero-order valence-corrected chi connectivity index (χ0v) is 20.2. The Morgan fingerprint density at radius 1 is 0.914 bits per heavy atom. The number of halogens is 1. The lowest BCUT2D eigenvalue weighted by molar-refractivity contribution is 0.0763. The van der Waals surface area contributed by atoms with Gasteiger partial charge in [0.05, 0.1) is 12.0 Å². The summed E-state index contributed by atoms with van der Waals surface area (Å²) < 4.78 is 51.8. The Bertz CT molecular complexity index is 1270. The third-order valence-electron chi connectivity index (χ3n) is 5.84. The Kier molecular flexibility index (Phi) is 7.67. The van der Waals surface area contributed by atoms with Gasteiger partial charge in [-0.1, -0.05) is 30.3 Å². The van der Waals surface area contributed by atoms with Crippen LogP contribution in [0.2, 0.25) is 0 Å². The smallest absolute Gasteiger partial charge is 0.254 e. The van der Waals surface area contributed by atoms with E-state index >= 15 is 0 Å². The summed E-state index contributed by atoms with van der Waals surface area (Å²) in [6.07, 6.45) is 0.488. The molecule has 0 atom stereocenters. The number of nitrogens with zero attached hydrogens (tertiary/aromatic N) is 2. The molecule has 1 aliphatic rings. The first-order valence-corrected chi connectivity index (χ1v) is 12.7. The SMILES string of the molecule is COc1cc(C(=O)N2CCCN(S(=O)(=O)c3ccc(F)cc3)CC2)ccc1OCc1ccccc1. The molecular formula is C26H27FN2O5S. The Morgan fingerprint density at radius 2 is 1.66 bits per heavy atom. The molecular weight excluding hydrogens is 471 g/mol. The molecule has 7 nitrogen and oxygen atoms in total. The van der Waals surface area contributed by atoms with Crippen molar-refractivity contribution in [2.75, 3.05) is 33.3 Å². The molecule has 0 spiro atoms. The number of rotatable bonds is 7. The zero-order chi connectivity index (χ0) is 24.8. The van der Waals surface area contributed by atoms with E-state index in [2.05, 4.69) is 0 Å². The Labute approximate surface area is 204 Å². The van der Waals surface area contributed by atoms with Gasteiger partial charge in [0, 0.05) is 31.7 Å². The molecule has 0 bridgehead atoms. The maximum absolute atomic E-state index is 13.2. The number of ether oxygens (including phenoxy) is 2. The first-order valence-electron chi connectivity index (χ1n) is 11.3. The van der Waals surface area contributed by atoms with Gasteiger partial charge >= 0.3 is 0 Å². The quantitative estimate of drug-likeness (QED) is 0.493. The third-order valence-corrected chi connectivity index (χ3v) is 7.75. The van der Waals surface area contributed by atoms with Gasteiger partial charge in [0.2, 0.25) is 10.0 Å². The van der Waals surface area contributed by atoms with Gasteiger partial charge in [0.1, 0.15) is 12.4 Å². The first-order chi connectivity index (χ1) is 16.9. The standard InChI is InChI=1S/C26H27FN2O5S/c1-33-25-18-21(8-13-24(25)34-19-20-6-3-2-4-7-20)26(30)28-14-5-15-29(17-16-28)35(31,32)23-11-9-22(27)10-12-23/h2-4,6-13,18H,5,14-17,19H2,1H3. The predicted octanol–water partition coefficient (Wildman–Crippen LogP) is 3.95. The summed E-state index contributed by atoms with van der Waals surface area (Å²) in [5.74, 6) is 0.268. The van der Waals surface area contributed by atoms with Crippen LogP contribution < -0.4 is 9.47 Å². The van der Waals surface area contributed by atoms with E-state index in [1.54, 1.807) is 23.1 Å². The molecule has 0 aliphatic carbocycles. The third kappa shape index (κ3) is 5.80. The van der Waals surface area contributed by atoms with E-state index in [9.17, 15) is 17.6 Å². The normalized spacial score (nSPS) is 14.9. The Morgan fingerprint density at radius 3 is 2.37 bits per heavy atom. The van der Waals surface area contributed by atoms with E-state index in [1.807, 2.05) is 30.3 Å². The van der Waals surface area contributed by atoms with Crippen molar-refractivity contribution in [3.8, 4) is 11.5 Å². The number of amides is 1. The van der Waals surface area contributed by atoms with Crippen molar-refractivity contribution in [1.29, 1.82) is 0 Å². The lowest BCUT2D eigenvalue weighted by atomic mass is 10.1. The largest absolute Gasteiger partial charge is 0.493 e. The number of carbonyl (C=O) groups is 1. The highest BCUT2D eigenvalue weighted by atomic mass is 32.2. The number of methoxy groups -OCH3 is 1. The minimum atomic E-state index is -3.77. The van der Waals surface area contributed by atoms with Gasteiger partial charge in [-0.2, -0.15) is 4.31 Å². The second kappa shape index (κ2) is 10.9. The van der Waals surface area contributed by atoms with Crippen molar-refractivity contribution in [2.45, 2.75) is 17.9 Å². The minimum Gasteiger partial charge on any atom is -0.493 e. The van der Waals surface area contributed by atoms with E-state index in [4.69, 9.17) is 9.47 Å². The van der Waals surface area contributed by atoms with Gasteiger partial charge in [-0.05, 0) is 54.4 Å². The average molecular weight is 499 g/mol. The van der Waals surface area contributed by atoms with Crippen molar-refractivity contribution in [3.05, 3.63) is 89.7 Å². The lowest BCUT2D eigenvalue weighted by Gasteiger charge is -2.22. The summed E-state index contributed by atoms with van der Waals surface area (Å²) in [6, 6.07) is 19.5. The first kappa shape index (κ1) is 24.7. The molecule has 1 amide bonds. The van der Waals surface area contributed by atoms with Crippen LogP contribution >= 0.6 is 0 Å². The van der Waals surface area contributed by atoms with Crippen LogP contribution in [0.1, 0.15) is 22.3 Å². The van der Waals surface area contributed by atoms with Gasteiger partial charge in [0.25, 0.3) is 5.91 Å². The van der Waals surface area contributed by atoms with Crippen LogP contribution in [0.15, 0.2) is 77.7 Å². The van der Waals surface area contributed by atoms with E-state index in [0.29, 0.717) is 36.6 Å². The molecule has 0 saturated carbocycles.